The number of aryl methyl sites for hydroxylation is 1. The summed E-state index contributed by atoms with van der Waals surface area (Å²) in [6.45, 7) is 8.18. The second kappa shape index (κ2) is 7.44. The van der Waals surface area contributed by atoms with Crippen molar-refractivity contribution >= 4 is 11.9 Å². The largest absolute Gasteiger partial charge is 0.493 e. The van der Waals surface area contributed by atoms with Gasteiger partial charge in [0, 0.05) is 18.1 Å². The lowest BCUT2D eigenvalue weighted by Crippen LogP contribution is -2.34. The van der Waals surface area contributed by atoms with Gasteiger partial charge in [-0.25, -0.2) is 4.79 Å². The third-order valence-corrected chi connectivity index (χ3v) is 4.77. The van der Waals surface area contributed by atoms with Gasteiger partial charge in [0.1, 0.15) is 11.8 Å². The molecule has 136 valence electrons. The van der Waals surface area contributed by atoms with Crippen LogP contribution < -0.4 is 10.1 Å². The van der Waals surface area contributed by atoms with Gasteiger partial charge in [0.05, 0.1) is 19.8 Å². The van der Waals surface area contributed by atoms with E-state index in [2.05, 4.69) is 5.32 Å². The molecule has 6 nitrogen and oxygen atoms in total. The van der Waals surface area contributed by atoms with Gasteiger partial charge >= 0.3 is 6.03 Å². The van der Waals surface area contributed by atoms with Crippen molar-refractivity contribution in [3.05, 3.63) is 29.3 Å². The van der Waals surface area contributed by atoms with Crippen molar-refractivity contribution in [1.29, 1.82) is 0 Å². The van der Waals surface area contributed by atoms with Gasteiger partial charge in [0.25, 0.3) is 5.91 Å². The van der Waals surface area contributed by atoms with Crippen LogP contribution in [0.4, 0.5) is 4.79 Å². The first-order chi connectivity index (χ1) is 12.0. The van der Waals surface area contributed by atoms with E-state index < -0.39 is 6.04 Å². The molecule has 0 unspecified atom stereocenters. The van der Waals surface area contributed by atoms with Crippen LogP contribution in [0.25, 0.3) is 0 Å². The maximum Gasteiger partial charge on any atom is 0.325 e. The minimum atomic E-state index is -0.446. The summed E-state index contributed by atoms with van der Waals surface area (Å²) in [5, 5.41) is 2.76. The highest BCUT2D eigenvalue weighted by atomic mass is 16.5. The molecule has 2 aliphatic rings. The topological polar surface area (TPSA) is 67.9 Å². The summed E-state index contributed by atoms with van der Waals surface area (Å²) >= 11 is 0. The summed E-state index contributed by atoms with van der Waals surface area (Å²) in [4.78, 5) is 26.0. The minimum absolute atomic E-state index is 0.0672. The van der Waals surface area contributed by atoms with Crippen molar-refractivity contribution in [2.24, 2.45) is 11.8 Å². The molecule has 2 saturated heterocycles. The molecular formula is C19H26N2O4. The first kappa shape index (κ1) is 17.7. The van der Waals surface area contributed by atoms with Crippen molar-refractivity contribution in [2.45, 2.75) is 39.8 Å². The van der Waals surface area contributed by atoms with Gasteiger partial charge in [-0.05, 0) is 30.9 Å². The van der Waals surface area contributed by atoms with E-state index >= 15 is 0 Å². The second-order valence-corrected chi connectivity index (χ2v) is 7.25. The molecule has 0 aliphatic carbocycles. The Kier molecular flexibility index (Phi) is 5.27. The Hall–Kier alpha value is -2.08. The number of amides is 3. The number of carbonyl (C=O) groups is 2. The highest BCUT2D eigenvalue weighted by Gasteiger charge is 2.39. The van der Waals surface area contributed by atoms with Gasteiger partial charge in [0.2, 0.25) is 0 Å². The van der Waals surface area contributed by atoms with Crippen LogP contribution in [0.5, 0.6) is 5.75 Å². The molecule has 0 aromatic heterocycles. The van der Waals surface area contributed by atoms with Crippen molar-refractivity contribution in [3.8, 4) is 5.75 Å². The predicted molar refractivity (Wildman–Crippen MR) is 93.3 cm³/mol. The fourth-order valence-corrected chi connectivity index (χ4v) is 3.16. The molecule has 0 saturated carbocycles. The molecule has 25 heavy (non-hydrogen) atoms. The predicted octanol–water partition coefficient (Wildman–Crippen LogP) is 2.49. The zero-order valence-electron chi connectivity index (χ0n) is 15.1. The second-order valence-electron chi connectivity index (χ2n) is 7.25. The van der Waals surface area contributed by atoms with Gasteiger partial charge in [-0.1, -0.05) is 26.0 Å². The van der Waals surface area contributed by atoms with E-state index in [4.69, 9.17) is 9.47 Å². The minimum Gasteiger partial charge on any atom is -0.493 e. The van der Waals surface area contributed by atoms with Crippen LogP contribution in [-0.2, 0) is 16.1 Å². The Morgan fingerprint density at radius 3 is 2.80 bits per heavy atom. The first-order valence-electron chi connectivity index (χ1n) is 8.87. The fourth-order valence-electron chi connectivity index (χ4n) is 3.16. The molecular weight excluding hydrogens is 320 g/mol. The molecule has 1 aromatic rings. The first-order valence-corrected chi connectivity index (χ1v) is 8.87. The Morgan fingerprint density at radius 2 is 2.16 bits per heavy atom. The van der Waals surface area contributed by atoms with E-state index in [1.807, 2.05) is 39.0 Å². The molecule has 6 heteroatoms. The number of hydrogen-bond acceptors (Lipinski definition) is 4. The van der Waals surface area contributed by atoms with Crippen molar-refractivity contribution < 1.29 is 19.1 Å². The van der Waals surface area contributed by atoms with Crippen LogP contribution in [0.3, 0.4) is 0 Å². The number of hydrogen-bond donors (Lipinski definition) is 1. The number of rotatable bonds is 6. The standard InChI is InChI=1S/C19H26N2O4/c1-12(2)17-18(22)21(19(23)20-17)9-15-5-4-13(3)8-16(15)25-11-14-6-7-24-10-14/h4-5,8,12,14,17H,6-7,9-11H2,1-3H3,(H,20,23)/t14-,17-/m1/s1. The van der Waals surface area contributed by atoms with E-state index in [9.17, 15) is 9.59 Å². The van der Waals surface area contributed by atoms with Gasteiger partial charge in [-0.3, -0.25) is 9.69 Å². The van der Waals surface area contributed by atoms with Crippen LogP contribution in [0.1, 0.15) is 31.4 Å². The molecule has 0 radical (unpaired) electrons. The Labute approximate surface area is 148 Å². The van der Waals surface area contributed by atoms with Gasteiger partial charge in [-0.2, -0.15) is 0 Å². The number of nitrogens with one attached hydrogen (secondary N) is 1. The summed E-state index contributed by atoms with van der Waals surface area (Å²) in [6.07, 6.45) is 1.00. The van der Waals surface area contributed by atoms with Gasteiger partial charge in [-0.15, -0.1) is 0 Å². The summed E-state index contributed by atoms with van der Waals surface area (Å²) in [7, 11) is 0. The Bertz CT molecular complexity index is 653. The third-order valence-electron chi connectivity index (χ3n) is 4.77. The number of ether oxygens (including phenoxy) is 2. The summed E-state index contributed by atoms with van der Waals surface area (Å²) in [5.41, 5.74) is 1.93. The van der Waals surface area contributed by atoms with Crippen LogP contribution in [0.15, 0.2) is 18.2 Å². The quantitative estimate of drug-likeness (QED) is 0.804. The zero-order valence-corrected chi connectivity index (χ0v) is 15.1. The molecule has 3 amide bonds. The van der Waals surface area contributed by atoms with Crippen LogP contribution in [0, 0.1) is 18.8 Å². The highest BCUT2D eigenvalue weighted by Crippen LogP contribution is 2.26. The molecule has 1 aromatic carbocycles. The van der Waals surface area contributed by atoms with Crippen molar-refractivity contribution in [1.82, 2.24) is 10.2 Å². The van der Waals surface area contributed by atoms with E-state index in [-0.39, 0.29) is 24.4 Å². The maximum absolute atomic E-state index is 12.5. The van der Waals surface area contributed by atoms with Crippen LogP contribution >= 0.6 is 0 Å². The van der Waals surface area contributed by atoms with Crippen molar-refractivity contribution in [3.63, 3.8) is 0 Å². The van der Waals surface area contributed by atoms with Crippen molar-refractivity contribution in [2.75, 3.05) is 19.8 Å². The maximum atomic E-state index is 12.5. The monoisotopic (exact) mass is 346 g/mol. The highest BCUT2D eigenvalue weighted by molar-refractivity contribution is 6.04. The van der Waals surface area contributed by atoms with E-state index in [0.29, 0.717) is 12.5 Å². The number of carbonyl (C=O) groups excluding carboxylic acids is 2. The van der Waals surface area contributed by atoms with E-state index in [1.165, 1.54) is 4.90 Å². The Balaban J connectivity index is 1.73. The van der Waals surface area contributed by atoms with Gasteiger partial charge in [0.15, 0.2) is 0 Å². The van der Waals surface area contributed by atoms with E-state index in [1.54, 1.807) is 0 Å². The molecule has 0 bridgehead atoms. The molecule has 2 aliphatic heterocycles. The third kappa shape index (κ3) is 3.95. The van der Waals surface area contributed by atoms with Gasteiger partial charge < -0.3 is 14.8 Å². The summed E-state index contributed by atoms with van der Waals surface area (Å²) in [5.74, 6) is 1.03. The molecule has 2 fully saturated rings. The summed E-state index contributed by atoms with van der Waals surface area (Å²) < 4.78 is 11.4. The van der Waals surface area contributed by atoms with Crippen LogP contribution in [0.2, 0.25) is 0 Å². The number of imide groups is 1. The average Bonchev–Trinajstić information content (AvgIpc) is 3.18. The average molecular weight is 346 g/mol. The SMILES string of the molecule is Cc1ccc(CN2C(=O)N[C@H](C(C)C)C2=O)c(OC[C@@H]2CCOC2)c1. The number of benzene rings is 1. The molecule has 1 N–H and O–H groups in total. The molecule has 2 heterocycles. The smallest absolute Gasteiger partial charge is 0.325 e. The number of urea groups is 1. The summed E-state index contributed by atoms with van der Waals surface area (Å²) in [6, 6.07) is 5.08. The lowest BCUT2D eigenvalue weighted by atomic mass is 10.0. The molecule has 3 rings (SSSR count). The number of nitrogens with zero attached hydrogens (tertiary/aromatic N) is 1. The van der Waals surface area contributed by atoms with Crippen LogP contribution in [-0.4, -0.2) is 42.7 Å². The lowest BCUT2D eigenvalue weighted by molar-refractivity contribution is -0.128. The molecule has 2 atom stereocenters. The molecule has 0 spiro atoms. The normalized spacial score (nSPS) is 23.4. The fraction of sp³-hybridized carbons (Fsp3) is 0.579. The Morgan fingerprint density at radius 1 is 1.36 bits per heavy atom. The zero-order chi connectivity index (χ0) is 18.0. The van der Waals surface area contributed by atoms with E-state index in [0.717, 1.165) is 36.5 Å². The lowest BCUT2D eigenvalue weighted by Gasteiger charge is -2.18.